The molecule has 2 saturated carbocycles. The van der Waals surface area contributed by atoms with Crippen molar-refractivity contribution in [3.63, 3.8) is 0 Å². The van der Waals surface area contributed by atoms with Crippen LogP contribution in [0.1, 0.15) is 37.3 Å². The van der Waals surface area contributed by atoms with Crippen LogP contribution in [0.2, 0.25) is 0 Å². The Labute approximate surface area is 141 Å². The van der Waals surface area contributed by atoms with E-state index in [1.54, 1.807) is 6.20 Å². The van der Waals surface area contributed by atoms with Crippen molar-refractivity contribution in [2.75, 3.05) is 30.8 Å². The van der Waals surface area contributed by atoms with Crippen molar-refractivity contribution >= 4 is 17.6 Å². The van der Waals surface area contributed by atoms with Crippen LogP contribution in [-0.4, -0.2) is 51.2 Å². The van der Waals surface area contributed by atoms with Gasteiger partial charge in [0.25, 0.3) is 0 Å². The fourth-order valence-electron chi connectivity index (χ4n) is 4.26. The number of anilines is 3. The Morgan fingerprint density at radius 3 is 2.83 bits per heavy atom. The van der Waals surface area contributed by atoms with E-state index in [0.717, 1.165) is 11.6 Å². The highest BCUT2D eigenvalue weighted by atomic mass is 15.2. The summed E-state index contributed by atoms with van der Waals surface area (Å²) >= 11 is 0. The molecule has 7 nitrogen and oxygen atoms in total. The number of aromatic nitrogens is 4. The van der Waals surface area contributed by atoms with Crippen molar-refractivity contribution in [2.24, 2.45) is 5.41 Å². The third kappa shape index (κ3) is 2.62. The van der Waals surface area contributed by atoms with Gasteiger partial charge in [-0.15, -0.1) is 0 Å². The third-order valence-electron chi connectivity index (χ3n) is 5.43. The summed E-state index contributed by atoms with van der Waals surface area (Å²) in [5.74, 6) is 2.97. The quantitative estimate of drug-likeness (QED) is 0.783. The van der Waals surface area contributed by atoms with Gasteiger partial charge in [-0.25, -0.2) is 4.98 Å². The first-order chi connectivity index (χ1) is 11.7. The molecule has 24 heavy (non-hydrogen) atoms. The fraction of sp³-hybridized carbons (Fsp3) is 0.588. The lowest BCUT2D eigenvalue weighted by Crippen LogP contribution is -2.63. The van der Waals surface area contributed by atoms with Gasteiger partial charge in [0, 0.05) is 43.0 Å². The first-order valence-corrected chi connectivity index (χ1v) is 8.78. The molecular formula is C17H23N7. The molecule has 7 heteroatoms. The van der Waals surface area contributed by atoms with Crippen LogP contribution in [0.15, 0.2) is 18.3 Å². The predicted molar refractivity (Wildman–Crippen MR) is 92.5 cm³/mol. The summed E-state index contributed by atoms with van der Waals surface area (Å²) < 4.78 is 0. The molecule has 0 bridgehead atoms. The number of hydrogen-bond acceptors (Lipinski definition) is 6. The van der Waals surface area contributed by atoms with Crippen LogP contribution < -0.4 is 10.6 Å². The minimum atomic E-state index is 0.501. The van der Waals surface area contributed by atoms with E-state index in [9.17, 15) is 0 Å². The van der Waals surface area contributed by atoms with Gasteiger partial charge in [0.05, 0.1) is 0 Å². The molecule has 0 radical (unpaired) electrons. The first kappa shape index (κ1) is 14.2. The van der Waals surface area contributed by atoms with E-state index in [2.05, 4.69) is 48.8 Å². The highest BCUT2D eigenvalue weighted by Crippen LogP contribution is 2.48. The number of likely N-dealkylation sites (tertiary alicyclic amines) is 1. The van der Waals surface area contributed by atoms with Crippen molar-refractivity contribution in [2.45, 2.75) is 37.6 Å². The van der Waals surface area contributed by atoms with Crippen LogP contribution in [-0.2, 0) is 0 Å². The van der Waals surface area contributed by atoms with Gasteiger partial charge in [-0.1, -0.05) is 0 Å². The van der Waals surface area contributed by atoms with E-state index in [1.165, 1.54) is 44.5 Å². The van der Waals surface area contributed by atoms with E-state index >= 15 is 0 Å². The normalized spacial score (nSPS) is 22.9. The summed E-state index contributed by atoms with van der Waals surface area (Å²) in [6.45, 7) is 2.46. The van der Waals surface area contributed by atoms with Gasteiger partial charge in [-0.2, -0.15) is 10.1 Å². The van der Waals surface area contributed by atoms with Gasteiger partial charge in [0.15, 0.2) is 5.82 Å². The Kier molecular flexibility index (Phi) is 3.06. The number of nitrogens with zero attached hydrogens (tertiary/aromatic N) is 4. The Morgan fingerprint density at radius 2 is 2.08 bits per heavy atom. The number of nitrogens with one attached hydrogen (secondary N) is 3. The molecule has 3 heterocycles. The summed E-state index contributed by atoms with van der Waals surface area (Å²) in [7, 11) is 2.19. The molecule has 126 valence electrons. The minimum Gasteiger partial charge on any atom is -0.351 e. The molecule has 0 atom stereocenters. The second-order valence-electron chi connectivity index (χ2n) is 7.80. The van der Waals surface area contributed by atoms with Crippen molar-refractivity contribution in [3.8, 4) is 0 Å². The zero-order valence-corrected chi connectivity index (χ0v) is 13.9. The number of H-pyrrole nitrogens is 1. The van der Waals surface area contributed by atoms with Gasteiger partial charge in [-0.3, -0.25) is 5.10 Å². The molecule has 2 aliphatic carbocycles. The summed E-state index contributed by atoms with van der Waals surface area (Å²) in [5, 5.41) is 14.1. The van der Waals surface area contributed by atoms with Gasteiger partial charge in [0.1, 0.15) is 5.82 Å². The summed E-state index contributed by atoms with van der Waals surface area (Å²) in [6.07, 6.45) is 6.77. The van der Waals surface area contributed by atoms with Crippen LogP contribution in [0.5, 0.6) is 0 Å². The maximum absolute atomic E-state index is 4.57. The van der Waals surface area contributed by atoms with E-state index in [-0.39, 0.29) is 0 Å². The molecule has 1 saturated heterocycles. The van der Waals surface area contributed by atoms with Crippen LogP contribution in [0.4, 0.5) is 17.6 Å². The molecule has 1 spiro atoms. The largest absolute Gasteiger partial charge is 0.351 e. The van der Waals surface area contributed by atoms with Crippen LogP contribution in [0.25, 0.3) is 0 Å². The number of hydrogen-bond donors (Lipinski definition) is 3. The molecule has 2 aromatic heterocycles. The number of rotatable bonds is 5. The van der Waals surface area contributed by atoms with Gasteiger partial charge < -0.3 is 15.5 Å². The average Bonchev–Trinajstić information content (AvgIpc) is 3.25. The lowest BCUT2D eigenvalue weighted by molar-refractivity contribution is -0.0514. The van der Waals surface area contributed by atoms with Crippen molar-refractivity contribution in [1.29, 1.82) is 0 Å². The molecule has 0 aromatic carbocycles. The molecule has 3 aliphatic rings. The third-order valence-corrected chi connectivity index (χ3v) is 5.43. The second kappa shape index (κ2) is 5.17. The summed E-state index contributed by atoms with van der Waals surface area (Å²) in [5.41, 5.74) is 1.78. The number of aromatic amines is 1. The Morgan fingerprint density at radius 1 is 1.25 bits per heavy atom. The monoisotopic (exact) mass is 325 g/mol. The smallest absolute Gasteiger partial charge is 0.224 e. The Bertz CT molecular complexity index is 737. The van der Waals surface area contributed by atoms with E-state index in [1.807, 2.05) is 6.07 Å². The lowest BCUT2D eigenvalue weighted by atomic mass is 9.61. The average molecular weight is 325 g/mol. The van der Waals surface area contributed by atoms with Gasteiger partial charge in [-0.05, 0) is 44.2 Å². The fourth-order valence-corrected chi connectivity index (χ4v) is 4.26. The molecule has 1 aliphatic heterocycles. The Hall–Kier alpha value is -2.15. The lowest BCUT2D eigenvalue weighted by Gasteiger charge is -2.58. The SMILES string of the molecule is CN1CC2(CC(Nc3nccc(Nc4cc(C5CC5)[nH]n4)n3)C2)C1. The van der Waals surface area contributed by atoms with E-state index in [0.29, 0.717) is 23.3 Å². The second-order valence-corrected chi connectivity index (χ2v) is 7.80. The van der Waals surface area contributed by atoms with E-state index in [4.69, 9.17) is 0 Å². The first-order valence-electron chi connectivity index (χ1n) is 8.78. The molecule has 3 N–H and O–H groups in total. The molecule has 5 rings (SSSR count). The highest BCUT2D eigenvalue weighted by Gasteiger charge is 2.51. The van der Waals surface area contributed by atoms with Crippen LogP contribution in [0.3, 0.4) is 0 Å². The van der Waals surface area contributed by atoms with Gasteiger partial charge >= 0.3 is 0 Å². The maximum Gasteiger partial charge on any atom is 0.224 e. The molecule has 3 fully saturated rings. The summed E-state index contributed by atoms with van der Waals surface area (Å²) in [6, 6.07) is 4.45. The standard InChI is InChI=1S/C17H23N7/c1-24-9-17(10-24)7-12(8-17)19-16-18-5-4-14(21-16)20-15-6-13(22-23-15)11-2-3-11/h4-6,11-12H,2-3,7-10H2,1H3,(H3,18,19,20,21,22,23). The topological polar surface area (TPSA) is 81.8 Å². The molecule has 2 aromatic rings. The Balaban J connectivity index is 1.20. The zero-order chi connectivity index (χ0) is 16.1. The van der Waals surface area contributed by atoms with E-state index < -0.39 is 0 Å². The predicted octanol–water partition coefficient (Wildman–Crippen LogP) is 2.33. The van der Waals surface area contributed by atoms with Crippen LogP contribution >= 0.6 is 0 Å². The van der Waals surface area contributed by atoms with Crippen molar-refractivity contribution in [3.05, 3.63) is 24.0 Å². The molecule has 0 amide bonds. The van der Waals surface area contributed by atoms with Crippen LogP contribution in [0, 0.1) is 5.41 Å². The van der Waals surface area contributed by atoms with Gasteiger partial charge in [0.2, 0.25) is 5.95 Å². The zero-order valence-electron chi connectivity index (χ0n) is 13.9. The van der Waals surface area contributed by atoms with Crippen molar-refractivity contribution in [1.82, 2.24) is 25.1 Å². The minimum absolute atomic E-state index is 0.501. The molecular weight excluding hydrogens is 302 g/mol. The molecule has 0 unspecified atom stereocenters. The summed E-state index contributed by atoms with van der Waals surface area (Å²) in [4.78, 5) is 11.3. The van der Waals surface area contributed by atoms with Crippen molar-refractivity contribution < 1.29 is 0 Å². The highest BCUT2D eigenvalue weighted by molar-refractivity contribution is 5.53. The maximum atomic E-state index is 4.57.